The van der Waals surface area contributed by atoms with Crippen molar-refractivity contribution in [3.63, 3.8) is 0 Å². The van der Waals surface area contributed by atoms with Gasteiger partial charge in [-0.05, 0) is 32.8 Å². The van der Waals surface area contributed by atoms with Crippen molar-refractivity contribution >= 4 is 10.0 Å². The molecule has 21 heavy (non-hydrogen) atoms. The summed E-state index contributed by atoms with van der Waals surface area (Å²) in [7, 11) is -3.45. The van der Waals surface area contributed by atoms with Crippen LogP contribution in [0.2, 0.25) is 0 Å². The van der Waals surface area contributed by atoms with Gasteiger partial charge in [0, 0.05) is 30.5 Å². The molecular weight excluding hydrogens is 286 g/mol. The molecule has 6 heteroatoms. The Morgan fingerprint density at radius 1 is 1.29 bits per heavy atom. The second-order valence-corrected chi connectivity index (χ2v) is 7.90. The SMILES string of the molecule is CC(C)n1cc(S(=O)(=O)NC2CCCCCC2)cc1CN. The Kier molecular flexibility index (Phi) is 5.46. The average molecular weight is 313 g/mol. The van der Waals surface area contributed by atoms with Crippen LogP contribution in [0.15, 0.2) is 17.2 Å². The first-order valence-electron chi connectivity index (χ1n) is 7.87. The number of nitrogens with one attached hydrogen (secondary N) is 1. The van der Waals surface area contributed by atoms with Crippen molar-refractivity contribution in [2.45, 2.75) is 75.9 Å². The van der Waals surface area contributed by atoms with Crippen molar-refractivity contribution in [1.29, 1.82) is 0 Å². The molecule has 0 bridgehead atoms. The van der Waals surface area contributed by atoms with Gasteiger partial charge in [-0.25, -0.2) is 13.1 Å². The number of nitrogens with two attached hydrogens (primary N) is 1. The minimum Gasteiger partial charge on any atom is -0.346 e. The second kappa shape index (κ2) is 6.94. The third-order valence-corrected chi connectivity index (χ3v) is 5.65. The second-order valence-electron chi connectivity index (χ2n) is 6.18. The van der Waals surface area contributed by atoms with E-state index >= 15 is 0 Å². The monoisotopic (exact) mass is 313 g/mol. The molecule has 1 heterocycles. The summed E-state index contributed by atoms with van der Waals surface area (Å²) >= 11 is 0. The Morgan fingerprint density at radius 2 is 1.90 bits per heavy atom. The topological polar surface area (TPSA) is 77.1 Å². The summed E-state index contributed by atoms with van der Waals surface area (Å²) in [5.74, 6) is 0. The molecule has 0 spiro atoms. The minimum absolute atomic E-state index is 0.0706. The lowest BCUT2D eigenvalue weighted by atomic mass is 10.1. The van der Waals surface area contributed by atoms with E-state index in [1.165, 1.54) is 12.8 Å². The zero-order chi connectivity index (χ0) is 15.5. The minimum atomic E-state index is -3.45. The van der Waals surface area contributed by atoms with E-state index in [1.54, 1.807) is 12.3 Å². The van der Waals surface area contributed by atoms with Gasteiger partial charge < -0.3 is 10.3 Å². The van der Waals surface area contributed by atoms with Crippen molar-refractivity contribution in [1.82, 2.24) is 9.29 Å². The third-order valence-electron chi connectivity index (χ3n) is 4.16. The van der Waals surface area contributed by atoms with Crippen LogP contribution in [0.5, 0.6) is 0 Å². The number of nitrogens with zero attached hydrogens (tertiary/aromatic N) is 1. The van der Waals surface area contributed by atoms with Crippen LogP contribution in [0, 0.1) is 0 Å². The maximum absolute atomic E-state index is 12.6. The number of sulfonamides is 1. The molecule has 1 aromatic rings. The number of hydrogen-bond donors (Lipinski definition) is 2. The van der Waals surface area contributed by atoms with Gasteiger partial charge in [0.05, 0.1) is 4.90 Å². The van der Waals surface area contributed by atoms with Crippen LogP contribution in [-0.2, 0) is 16.6 Å². The van der Waals surface area contributed by atoms with Gasteiger partial charge in [-0.1, -0.05) is 25.7 Å². The molecule has 1 saturated carbocycles. The molecule has 0 saturated heterocycles. The molecule has 120 valence electrons. The maximum atomic E-state index is 12.6. The van der Waals surface area contributed by atoms with Crippen LogP contribution in [-0.4, -0.2) is 19.0 Å². The zero-order valence-corrected chi connectivity index (χ0v) is 13.8. The van der Waals surface area contributed by atoms with Gasteiger partial charge in [0.25, 0.3) is 0 Å². The van der Waals surface area contributed by atoms with Crippen LogP contribution in [0.25, 0.3) is 0 Å². The summed E-state index contributed by atoms with van der Waals surface area (Å²) in [6, 6.07) is 1.96. The van der Waals surface area contributed by atoms with Gasteiger partial charge in [-0.3, -0.25) is 0 Å². The van der Waals surface area contributed by atoms with Gasteiger partial charge in [-0.2, -0.15) is 0 Å². The molecule has 1 fully saturated rings. The highest BCUT2D eigenvalue weighted by Gasteiger charge is 2.23. The van der Waals surface area contributed by atoms with E-state index < -0.39 is 10.0 Å². The Bertz CT molecular complexity index is 555. The summed E-state index contributed by atoms with van der Waals surface area (Å²) in [6.07, 6.45) is 8.20. The Balaban J connectivity index is 2.18. The van der Waals surface area contributed by atoms with E-state index in [-0.39, 0.29) is 12.1 Å². The van der Waals surface area contributed by atoms with E-state index in [0.717, 1.165) is 31.4 Å². The van der Waals surface area contributed by atoms with Gasteiger partial charge in [0.1, 0.15) is 0 Å². The van der Waals surface area contributed by atoms with E-state index in [1.807, 2.05) is 18.4 Å². The largest absolute Gasteiger partial charge is 0.346 e. The van der Waals surface area contributed by atoms with Crippen LogP contribution in [0.4, 0.5) is 0 Å². The first-order valence-corrected chi connectivity index (χ1v) is 9.35. The molecule has 0 amide bonds. The molecule has 5 nitrogen and oxygen atoms in total. The smallest absolute Gasteiger partial charge is 0.242 e. The lowest BCUT2D eigenvalue weighted by Gasteiger charge is -2.15. The summed E-state index contributed by atoms with van der Waals surface area (Å²) < 4.78 is 29.9. The molecule has 2 rings (SSSR count). The quantitative estimate of drug-likeness (QED) is 0.820. The predicted molar refractivity (Wildman–Crippen MR) is 84.5 cm³/mol. The molecule has 0 unspecified atom stereocenters. The summed E-state index contributed by atoms with van der Waals surface area (Å²) in [6.45, 7) is 4.39. The molecule has 0 aliphatic heterocycles. The van der Waals surface area contributed by atoms with Crippen molar-refractivity contribution in [2.24, 2.45) is 5.73 Å². The third kappa shape index (κ3) is 4.08. The summed E-state index contributed by atoms with van der Waals surface area (Å²) in [4.78, 5) is 0.334. The first kappa shape index (κ1) is 16.5. The average Bonchev–Trinajstić information content (AvgIpc) is 2.73. The fourth-order valence-corrected chi connectivity index (χ4v) is 4.33. The molecule has 1 aromatic heterocycles. The fraction of sp³-hybridized carbons (Fsp3) is 0.733. The normalized spacial score (nSPS) is 18.1. The Hall–Kier alpha value is -0.850. The van der Waals surface area contributed by atoms with Crippen molar-refractivity contribution in [3.05, 3.63) is 18.0 Å². The van der Waals surface area contributed by atoms with Gasteiger partial charge in [0.15, 0.2) is 0 Å². The lowest BCUT2D eigenvalue weighted by Crippen LogP contribution is -2.34. The standard InChI is InChI=1S/C15H27N3O2S/c1-12(2)18-11-15(9-14(18)10-16)21(19,20)17-13-7-5-3-4-6-8-13/h9,11-13,17H,3-8,10,16H2,1-2H3. The number of rotatable bonds is 5. The summed E-state index contributed by atoms with van der Waals surface area (Å²) in [5.41, 5.74) is 6.57. The highest BCUT2D eigenvalue weighted by atomic mass is 32.2. The fourth-order valence-electron chi connectivity index (χ4n) is 2.97. The molecule has 0 radical (unpaired) electrons. The highest BCUT2D eigenvalue weighted by Crippen LogP contribution is 2.22. The van der Waals surface area contributed by atoms with Crippen LogP contribution in [0.1, 0.15) is 64.1 Å². The first-order chi connectivity index (χ1) is 9.94. The van der Waals surface area contributed by atoms with Gasteiger partial charge >= 0.3 is 0 Å². The molecule has 0 atom stereocenters. The van der Waals surface area contributed by atoms with E-state index in [4.69, 9.17) is 5.73 Å². The zero-order valence-electron chi connectivity index (χ0n) is 13.0. The van der Waals surface area contributed by atoms with Gasteiger partial charge in [-0.15, -0.1) is 0 Å². The van der Waals surface area contributed by atoms with Crippen molar-refractivity contribution in [3.8, 4) is 0 Å². The molecule has 1 aliphatic carbocycles. The van der Waals surface area contributed by atoms with Crippen LogP contribution >= 0.6 is 0 Å². The maximum Gasteiger partial charge on any atom is 0.242 e. The molecule has 0 aromatic carbocycles. The predicted octanol–water partition coefficient (Wildman–Crippen LogP) is 2.53. The van der Waals surface area contributed by atoms with Gasteiger partial charge in [0.2, 0.25) is 10.0 Å². The van der Waals surface area contributed by atoms with E-state index in [0.29, 0.717) is 11.4 Å². The van der Waals surface area contributed by atoms with E-state index in [9.17, 15) is 8.42 Å². The molecular formula is C15H27N3O2S. The number of aromatic nitrogens is 1. The number of hydrogen-bond acceptors (Lipinski definition) is 3. The Morgan fingerprint density at radius 3 is 2.38 bits per heavy atom. The Labute approximate surface area is 128 Å². The summed E-state index contributed by atoms with van der Waals surface area (Å²) in [5, 5.41) is 0. The lowest BCUT2D eigenvalue weighted by molar-refractivity contribution is 0.509. The van der Waals surface area contributed by atoms with Crippen molar-refractivity contribution in [2.75, 3.05) is 0 Å². The van der Waals surface area contributed by atoms with E-state index in [2.05, 4.69) is 4.72 Å². The highest BCUT2D eigenvalue weighted by molar-refractivity contribution is 7.89. The van der Waals surface area contributed by atoms with Crippen molar-refractivity contribution < 1.29 is 8.42 Å². The van der Waals surface area contributed by atoms with Crippen LogP contribution in [0.3, 0.4) is 0 Å². The molecule has 3 N–H and O–H groups in total. The van der Waals surface area contributed by atoms with Crippen LogP contribution < -0.4 is 10.5 Å². The molecule has 1 aliphatic rings.